The summed E-state index contributed by atoms with van der Waals surface area (Å²) in [6.07, 6.45) is 8.92. The third kappa shape index (κ3) is 6.67. The van der Waals surface area contributed by atoms with E-state index in [1.807, 2.05) is 43.3 Å². The minimum atomic E-state index is -0.222. The summed E-state index contributed by atoms with van der Waals surface area (Å²) < 4.78 is 11.7. The summed E-state index contributed by atoms with van der Waals surface area (Å²) in [4.78, 5) is 28.2. The van der Waals surface area contributed by atoms with Crippen molar-refractivity contribution in [3.05, 3.63) is 83.9 Å². The van der Waals surface area contributed by atoms with Gasteiger partial charge in [0, 0.05) is 35.5 Å². The summed E-state index contributed by atoms with van der Waals surface area (Å²) in [5.41, 5.74) is 2.74. The molecule has 5 rings (SSSR count). The Labute approximate surface area is 238 Å². The maximum atomic E-state index is 12.8. The lowest BCUT2D eigenvalue weighted by Crippen LogP contribution is -2.23. The first kappa shape index (κ1) is 27.4. The average molecular weight is 559 g/mol. The quantitative estimate of drug-likeness (QED) is 0.229. The van der Waals surface area contributed by atoms with E-state index in [1.54, 1.807) is 30.5 Å². The molecule has 2 N–H and O–H groups in total. The molecule has 0 aliphatic carbocycles. The van der Waals surface area contributed by atoms with Crippen molar-refractivity contribution in [2.24, 2.45) is 0 Å². The molecule has 0 bridgehead atoms. The fraction of sp³-hybridized carbons (Fsp3) is 0.267. The van der Waals surface area contributed by atoms with Crippen LogP contribution in [0.5, 0.6) is 11.5 Å². The molecule has 1 aliphatic heterocycles. The SMILES string of the molecule is CCOc1cc2ncnc(Nc3ccc(OCc4ccccn4)c(Cl)c3)c2cc1NC(=O)/C=C/C1CCCN1C. The zero-order chi connectivity index (χ0) is 27.9. The summed E-state index contributed by atoms with van der Waals surface area (Å²) >= 11 is 6.51. The zero-order valence-corrected chi connectivity index (χ0v) is 23.2. The van der Waals surface area contributed by atoms with Gasteiger partial charge in [-0.15, -0.1) is 0 Å². The fourth-order valence-electron chi connectivity index (χ4n) is 4.58. The van der Waals surface area contributed by atoms with E-state index >= 15 is 0 Å². The second-order valence-electron chi connectivity index (χ2n) is 9.44. The Morgan fingerprint density at radius 3 is 2.77 bits per heavy atom. The molecular formula is C30H31ClN6O3. The van der Waals surface area contributed by atoms with Crippen molar-refractivity contribution in [1.82, 2.24) is 19.9 Å². The van der Waals surface area contributed by atoms with Crippen molar-refractivity contribution in [2.45, 2.75) is 32.4 Å². The first-order chi connectivity index (χ1) is 19.5. The highest BCUT2D eigenvalue weighted by Gasteiger charge is 2.18. The van der Waals surface area contributed by atoms with Crippen molar-refractivity contribution in [3.8, 4) is 11.5 Å². The molecule has 40 heavy (non-hydrogen) atoms. The number of ether oxygens (including phenoxy) is 2. The lowest BCUT2D eigenvalue weighted by molar-refractivity contribution is -0.112. The predicted octanol–water partition coefficient (Wildman–Crippen LogP) is 5.99. The molecule has 206 valence electrons. The van der Waals surface area contributed by atoms with Gasteiger partial charge in [-0.05, 0) is 69.8 Å². The largest absolute Gasteiger partial charge is 0.492 e. The number of hydrogen-bond acceptors (Lipinski definition) is 8. The van der Waals surface area contributed by atoms with Crippen LogP contribution in [0.25, 0.3) is 10.9 Å². The Balaban J connectivity index is 1.35. The van der Waals surface area contributed by atoms with Gasteiger partial charge >= 0.3 is 0 Å². The number of nitrogens with one attached hydrogen (secondary N) is 2. The number of hydrogen-bond donors (Lipinski definition) is 2. The first-order valence-corrected chi connectivity index (χ1v) is 13.6. The molecule has 0 radical (unpaired) electrons. The minimum Gasteiger partial charge on any atom is -0.492 e. The number of anilines is 3. The van der Waals surface area contributed by atoms with Gasteiger partial charge in [0.15, 0.2) is 0 Å². The Morgan fingerprint density at radius 2 is 2.02 bits per heavy atom. The molecule has 1 saturated heterocycles. The van der Waals surface area contributed by atoms with Crippen LogP contribution in [-0.4, -0.2) is 52.0 Å². The number of likely N-dealkylation sites (tertiary alicyclic amines) is 1. The third-order valence-corrected chi connectivity index (χ3v) is 6.93. The number of aromatic nitrogens is 3. The maximum absolute atomic E-state index is 12.8. The van der Waals surface area contributed by atoms with E-state index < -0.39 is 0 Å². The van der Waals surface area contributed by atoms with Gasteiger partial charge in [0.2, 0.25) is 5.91 Å². The van der Waals surface area contributed by atoms with Crippen LogP contribution in [0.1, 0.15) is 25.5 Å². The number of carbonyl (C=O) groups is 1. The first-order valence-electron chi connectivity index (χ1n) is 13.2. The smallest absolute Gasteiger partial charge is 0.248 e. The van der Waals surface area contributed by atoms with E-state index in [1.165, 1.54) is 6.33 Å². The standard InChI is InChI=1S/C30H31ClN6O3/c1-3-39-28-17-25-23(16-26(28)36-29(38)12-10-22-8-6-14-37(22)2)30(34-19-33-25)35-20-9-11-27(24(31)15-20)40-18-21-7-4-5-13-32-21/h4-5,7,9-13,15-17,19,22H,3,6,8,14,18H2,1-2H3,(H,36,38)(H,33,34,35)/b12-10+. The van der Waals surface area contributed by atoms with Crippen molar-refractivity contribution in [1.29, 1.82) is 0 Å². The van der Waals surface area contributed by atoms with Gasteiger partial charge in [-0.2, -0.15) is 0 Å². The predicted molar refractivity (Wildman–Crippen MR) is 157 cm³/mol. The van der Waals surface area contributed by atoms with Crippen molar-refractivity contribution < 1.29 is 14.3 Å². The molecule has 0 saturated carbocycles. The Kier molecular flexibility index (Phi) is 8.73. The molecule has 1 fully saturated rings. The summed E-state index contributed by atoms with van der Waals surface area (Å²) in [7, 11) is 2.07. The van der Waals surface area contributed by atoms with Crippen LogP contribution < -0.4 is 20.1 Å². The molecule has 2 aromatic heterocycles. The molecule has 1 atom stereocenters. The van der Waals surface area contributed by atoms with Crippen LogP contribution in [0.2, 0.25) is 5.02 Å². The number of nitrogens with zero attached hydrogens (tertiary/aromatic N) is 4. The second kappa shape index (κ2) is 12.8. The average Bonchev–Trinajstić information content (AvgIpc) is 3.37. The van der Waals surface area contributed by atoms with Gasteiger partial charge in [-0.25, -0.2) is 9.97 Å². The number of benzene rings is 2. The molecule has 2 aromatic carbocycles. The molecule has 1 unspecified atom stereocenters. The van der Waals surface area contributed by atoms with Crippen LogP contribution in [0.4, 0.5) is 17.2 Å². The normalized spacial score (nSPS) is 15.4. The zero-order valence-electron chi connectivity index (χ0n) is 22.4. The summed E-state index contributed by atoms with van der Waals surface area (Å²) in [5.74, 6) is 1.43. The van der Waals surface area contributed by atoms with Crippen molar-refractivity contribution in [2.75, 3.05) is 30.8 Å². The molecule has 4 aromatic rings. The van der Waals surface area contributed by atoms with Crippen LogP contribution in [0, 0.1) is 0 Å². The Hall–Kier alpha value is -4.21. The number of rotatable bonds is 10. The topological polar surface area (TPSA) is 102 Å². The van der Waals surface area contributed by atoms with Gasteiger partial charge in [0.25, 0.3) is 0 Å². The lowest BCUT2D eigenvalue weighted by Gasteiger charge is -2.16. The van der Waals surface area contributed by atoms with E-state index in [4.69, 9.17) is 21.1 Å². The van der Waals surface area contributed by atoms with Gasteiger partial charge in [0.05, 0.1) is 28.5 Å². The van der Waals surface area contributed by atoms with Gasteiger partial charge in [-0.3, -0.25) is 14.7 Å². The number of halogens is 1. The van der Waals surface area contributed by atoms with Crippen LogP contribution in [0.3, 0.4) is 0 Å². The second-order valence-corrected chi connectivity index (χ2v) is 9.85. The van der Waals surface area contributed by atoms with E-state index in [9.17, 15) is 4.79 Å². The molecule has 1 amide bonds. The molecule has 10 heteroatoms. The van der Waals surface area contributed by atoms with Crippen LogP contribution in [-0.2, 0) is 11.4 Å². The molecule has 1 aliphatic rings. The third-order valence-electron chi connectivity index (χ3n) is 6.64. The van der Waals surface area contributed by atoms with E-state index in [0.29, 0.717) is 52.1 Å². The highest BCUT2D eigenvalue weighted by molar-refractivity contribution is 6.32. The summed E-state index contributed by atoms with van der Waals surface area (Å²) in [5, 5.41) is 7.44. The highest BCUT2D eigenvalue weighted by Crippen LogP contribution is 2.35. The summed E-state index contributed by atoms with van der Waals surface area (Å²) in [6, 6.07) is 15.0. The van der Waals surface area contributed by atoms with Crippen LogP contribution in [0.15, 0.2) is 73.2 Å². The number of amides is 1. The molecular weight excluding hydrogens is 528 g/mol. The number of carbonyl (C=O) groups excluding carboxylic acids is 1. The van der Waals surface area contributed by atoms with Crippen LogP contribution >= 0.6 is 11.6 Å². The van der Waals surface area contributed by atoms with Crippen molar-refractivity contribution >= 4 is 45.6 Å². The molecule has 9 nitrogen and oxygen atoms in total. The summed E-state index contributed by atoms with van der Waals surface area (Å²) in [6.45, 7) is 3.69. The van der Waals surface area contributed by atoms with E-state index in [0.717, 1.165) is 30.8 Å². The number of likely N-dealkylation sites (N-methyl/N-ethyl adjacent to an activating group) is 1. The van der Waals surface area contributed by atoms with Gasteiger partial charge < -0.3 is 20.1 Å². The molecule has 0 spiro atoms. The molecule has 3 heterocycles. The lowest BCUT2D eigenvalue weighted by atomic mass is 10.1. The number of fused-ring (bicyclic) bond motifs is 1. The fourth-order valence-corrected chi connectivity index (χ4v) is 4.81. The number of pyridine rings is 1. The Bertz CT molecular complexity index is 1510. The van der Waals surface area contributed by atoms with Crippen molar-refractivity contribution in [3.63, 3.8) is 0 Å². The maximum Gasteiger partial charge on any atom is 0.248 e. The van der Waals surface area contributed by atoms with E-state index in [2.05, 4.69) is 37.5 Å². The monoisotopic (exact) mass is 558 g/mol. The van der Waals surface area contributed by atoms with E-state index in [-0.39, 0.29) is 11.9 Å². The van der Waals surface area contributed by atoms with Gasteiger partial charge in [0.1, 0.15) is 30.3 Å². The minimum absolute atomic E-state index is 0.222. The van der Waals surface area contributed by atoms with Gasteiger partial charge in [-0.1, -0.05) is 23.7 Å². The highest BCUT2D eigenvalue weighted by atomic mass is 35.5. The Morgan fingerprint density at radius 1 is 1.12 bits per heavy atom.